The largest absolute Gasteiger partial charge is 0.353 e. The van der Waals surface area contributed by atoms with Crippen LogP contribution in [0.2, 0.25) is 0 Å². The van der Waals surface area contributed by atoms with Crippen LogP contribution < -0.4 is 0 Å². The second-order valence-electron chi connectivity index (χ2n) is 3.94. The predicted octanol–water partition coefficient (Wildman–Crippen LogP) is 3.48. The minimum Gasteiger partial charge on any atom is -0.353 e. The van der Waals surface area contributed by atoms with Crippen molar-refractivity contribution in [2.75, 3.05) is 13.2 Å². The van der Waals surface area contributed by atoms with Crippen LogP contribution in [-0.4, -0.2) is 24.3 Å². The fraction of sp³-hybridized carbons (Fsp3) is 1.00. The minimum atomic E-state index is 0.0881. The van der Waals surface area contributed by atoms with Crippen molar-refractivity contribution < 1.29 is 9.47 Å². The van der Waals surface area contributed by atoms with Gasteiger partial charge in [-0.1, -0.05) is 29.3 Å². The van der Waals surface area contributed by atoms with E-state index < -0.39 is 0 Å². The van der Waals surface area contributed by atoms with Crippen LogP contribution in [0.1, 0.15) is 45.4 Å². The Hall–Kier alpha value is 0.400. The molecule has 0 N–H and O–H groups in total. The van der Waals surface area contributed by atoms with Crippen molar-refractivity contribution >= 4 is 15.9 Å². The molecule has 0 radical (unpaired) electrons. The molecule has 0 amide bonds. The molecule has 0 aromatic heterocycles. The summed E-state index contributed by atoms with van der Waals surface area (Å²) in [5.74, 6) is 0. The van der Waals surface area contributed by atoms with Crippen molar-refractivity contribution in [1.29, 1.82) is 0 Å². The highest BCUT2D eigenvalue weighted by Crippen LogP contribution is 2.14. The number of halogens is 1. The number of hydrogen-bond acceptors (Lipinski definition) is 2. The molecule has 0 aliphatic carbocycles. The van der Waals surface area contributed by atoms with Crippen molar-refractivity contribution in [2.24, 2.45) is 0 Å². The summed E-state index contributed by atoms with van der Waals surface area (Å²) in [4.78, 5) is 0.633. The molecule has 0 bridgehead atoms. The van der Waals surface area contributed by atoms with Gasteiger partial charge in [0.05, 0.1) is 0 Å². The SMILES string of the molecule is CC(Br)CCCCOC1CCCCO1. The molecule has 1 rings (SSSR count). The highest BCUT2D eigenvalue weighted by atomic mass is 79.9. The Bertz CT molecular complexity index is 133. The summed E-state index contributed by atoms with van der Waals surface area (Å²) in [7, 11) is 0. The van der Waals surface area contributed by atoms with Gasteiger partial charge in [-0.05, 0) is 32.1 Å². The van der Waals surface area contributed by atoms with Gasteiger partial charge in [0.15, 0.2) is 6.29 Å². The third-order valence-corrected chi connectivity index (χ3v) is 2.90. The molecule has 0 aromatic carbocycles. The van der Waals surface area contributed by atoms with Crippen molar-refractivity contribution in [3.8, 4) is 0 Å². The average molecular weight is 265 g/mol. The normalized spacial score (nSPS) is 24.9. The van der Waals surface area contributed by atoms with Crippen LogP contribution in [0, 0.1) is 0 Å². The number of hydrogen-bond donors (Lipinski definition) is 0. The van der Waals surface area contributed by atoms with Gasteiger partial charge in [-0.2, -0.15) is 0 Å². The second-order valence-corrected chi connectivity index (χ2v) is 5.51. The molecule has 2 nitrogen and oxygen atoms in total. The molecular formula is C11H21BrO2. The third-order valence-electron chi connectivity index (χ3n) is 2.44. The Morgan fingerprint density at radius 3 is 2.93 bits per heavy atom. The fourth-order valence-corrected chi connectivity index (χ4v) is 1.91. The van der Waals surface area contributed by atoms with Gasteiger partial charge < -0.3 is 9.47 Å². The molecule has 3 heteroatoms. The lowest BCUT2D eigenvalue weighted by Gasteiger charge is -2.22. The number of ether oxygens (including phenoxy) is 2. The van der Waals surface area contributed by atoms with Crippen molar-refractivity contribution in [3.63, 3.8) is 0 Å². The maximum atomic E-state index is 5.63. The summed E-state index contributed by atoms with van der Waals surface area (Å²) < 4.78 is 11.1. The van der Waals surface area contributed by atoms with E-state index in [1.807, 2.05) is 0 Å². The summed E-state index contributed by atoms with van der Waals surface area (Å²) in [6.45, 7) is 3.92. The van der Waals surface area contributed by atoms with Crippen LogP contribution in [0.5, 0.6) is 0 Å². The van der Waals surface area contributed by atoms with Gasteiger partial charge in [0, 0.05) is 18.0 Å². The zero-order valence-corrected chi connectivity index (χ0v) is 10.6. The van der Waals surface area contributed by atoms with Gasteiger partial charge in [-0.25, -0.2) is 0 Å². The highest BCUT2D eigenvalue weighted by Gasteiger charge is 2.13. The van der Waals surface area contributed by atoms with E-state index in [4.69, 9.17) is 9.47 Å². The number of unbranched alkanes of at least 4 members (excludes halogenated alkanes) is 1. The quantitative estimate of drug-likeness (QED) is 0.540. The van der Waals surface area contributed by atoms with Crippen LogP contribution in [0.25, 0.3) is 0 Å². The molecule has 0 aromatic rings. The molecule has 2 atom stereocenters. The lowest BCUT2D eigenvalue weighted by atomic mass is 10.2. The molecule has 0 saturated carbocycles. The van der Waals surface area contributed by atoms with Crippen LogP contribution in [0.4, 0.5) is 0 Å². The highest BCUT2D eigenvalue weighted by molar-refractivity contribution is 9.09. The first-order valence-corrected chi connectivity index (χ1v) is 6.58. The number of alkyl halides is 1. The first kappa shape index (κ1) is 12.5. The monoisotopic (exact) mass is 264 g/mol. The summed E-state index contributed by atoms with van der Waals surface area (Å²) in [6, 6.07) is 0. The second kappa shape index (κ2) is 7.66. The van der Waals surface area contributed by atoms with Crippen molar-refractivity contribution in [3.05, 3.63) is 0 Å². The molecule has 1 aliphatic heterocycles. The Morgan fingerprint density at radius 1 is 1.43 bits per heavy atom. The average Bonchev–Trinajstić information content (AvgIpc) is 2.18. The predicted molar refractivity (Wildman–Crippen MR) is 61.8 cm³/mol. The van der Waals surface area contributed by atoms with Gasteiger partial charge in [0.25, 0.3) is 0 Å². The molecular weight excluding hydrogens is 244 g/mol. The Balaban J connectivity index is 1.87. The van der Waals surface area contributed by atoms with Gasteiger partial charge in [0.2, 0.25) is 0 Å². The van der Waals surface area contributed by atoms with Crippen molar-refractivity contribution in [2.45, 2.75) is 56.6 Å². The standard InChI is InChI=1S/C11H21BrO2/c1-10(12)6-2-4-8-13-11-7-3-5-9-14-11/h10-11H,2-9H2,1H3. The molecule has 2 unspecified atom stereocenters. The molecule has 0 spiro atoms. The zero-order chi connectivity index (χ0) is 10.2. The smallest absolute Gasteiger partial charge is 0.157 e. The van der Waals surface area contributed by atoms with E-state index in [0.717, 1.165) is 26.1 Å². The van der Waals surface area contributed by atoms with E-state index in [1.165, 1.54) is 25.7 Å². The molecule has 1 saturated heterocycles. The van der Waals surface area contributed by atoms with Crippen LogP contribution in [0.3, 0.4) is 0 Å². The Kier molecular flexibility index (Phi) is 6.82. The van der Waals surface area contributed by atoms with Crippen LogP contribution in [-0.2, 0) is 9.47 Å². The maximum Gasteiger partial charge on any atom is 0.157 e. The van der Waals surface area contributed by atoms with E-state index in [1.54, 1.807) is 0 Å². The Morgan fingerprint density at radius 2 is 2.29 bits per heavy atom. The first-order chi connectivity index (χ1) is 6.79. The lowest BCUT2D eigenvalue weighted by Crippen LogP contribution is -2.22. The first-order valence-electron chi connectivity index (χ1n) is 5.66. The van der Waals surface area contributed by atoms with Crippen LogP contribution in [0.15, 0.2) is 0 Å². The van der Waals surface area contributed by atoms with E-state index >= 15 is 0 Å². The maximum absolute atomic E-state index is 5.63. The summed E-state index contributed by atoms with van der Waals surface area (Å²) in [5.41, 5.74) is 0. The summed E-state index contributed by atoms with van der Waals surface area (Å²) in [6.07, 6.45) is 7.23. The number of rotatable bonds is 6. The fourth-order valence-electron chi connectivity index (χ4n) is 1.59. The van der Waals surface area contributed by atoms with Crippen molar-refractivity contribution in [1.82, 2.24) is 0 Å². The van der Waals surface area contributed by atoms with E-state index in [9.17, 15) is 0 Å². The lowest BCUT2D eigenvalue weighted by molar-refractivity contribution is -0.162. The zero-order valence-electron chi connectivity index (χ0n) is 9.01. The Labute approximate surface area is 95.5 Å². The molecule has 1 fully saturated rings. The molecule has 14 heavy (non-hydrogen) atoms. The van der Waals surface area contributed by atoms with E-state index in [0.29, 0.717) is 4.83 Å². The molecule has 84 valence electrons. The van der Waals surface area contributed by atoms with E-state index in [-0.39, 0.29) is 6.29 Å². The van der Waals surface area contributed by atoms with Gasteiger partial charge in [-0.3, -0.25) is 0 Å². The topological polar surface area (TPSA) is 18.5 Å². The van der Waals surface area contributed by atoms with Gasteiger partial charge in [-0.15, -0.1) is 0 Å². The van der Waals surface area contributed by atoms with Gasteiger partial charge in [0.1, 0.15) is 0 Å². The minimum absolute atomic E-state index is 0.0881. The third kappa shape index (κ3) is 5.99. The van der Waals surface area contributed by atoms with Crippen LogP contribution >= 0.6 is 15.9 Å². The van der Waals surface area contributed by atoms with E-state index in [2.05, 4.69) is 22.9 Å². The summed E-state index contributed by atoms with van der Waals surface area (Å²) in [5, 5.41) is 0. The summed E-state index contributed by atoms with van der Waals surface area (Å²) >= 11 is 3.54. The van der Waals surface area contributed by atoms with Gasteiger partial charge >= 0.3 is 0 Å². The molecule has 1 aliphatic rings. The molecule has 1 heterocycles.